The Hall–Kier alpha value is -2.27. The van der Waals surface area contributed by atoms with E-state index in [0.717, 1.165) is 17.0 Å². The maximum absolute atomic E-state index is 12.4. The molecule has 0 radical (unpaired) electrons. The molecule has 0 atom stereocenters. The van der Waals surface area contributed by atoms with E-state index >= 15 is 0 Å². The molecule has 0 saturated heterocycles. The zero-order valence-corrected chi connectivity index (χ0v) is 13.6. The third-order valence-electron chi connectivity index (χ3n) is 3.33. The number of ketones is 1. The molecule has 0 aliphatic carbocycles. The molecule has 0 amide bonds. The molecule has 0 aliphatic heterocycles. The van der Waals surface area contributed by atoms with Crippen molar-refractivity contribution in [3.8, 4) is 11.5 Å². The number of halogens is 1. The van der Waals surface area contributed by atoms with Crippen LogP contribution in [0.2, 0.25) is 5.02 Å². The fourth-order valence-corrected chi connectivity index (χ4v) is 2.35. The van der Waals surface area contributed by atoms with Gasteiger partial charge in [0.2, 0.25) is 0 Å². The number of aromatic nitrogens is 2. The number of ether oxygens (including phenoxy) is 2. The molecule has 0 unspecified atom stereocenters. The minimum Gasteiger partial charge on any atom is -0.496 e. The number of rotatable bonds is 5. The summed E-state index contributed by atoms with van der Waals surface area (Å²) < 4.78 is 10.4. The average Bonchev–Trinajstić information content (AvgIpc) is 2.83. The lowest BCUT2D eigenvalue weighted by atomic mass is 10.1. The molecule has 6 heteroatoms. The standard InChI is InChI=1S/C16H17ClN2O3/c1-9-11(10(2)19-18-9)5-6-14(20)12-7-13(17)16(22-4)8-15(12)21-3/h5-8H,1-4H3,(H,18,19). The van der Waals surface area contributed by atoms with Gasteiger partial charge in [0.1, 0.15) is 11.5 Å². The molecule has 2 rings (SSSR count). The number of hydrogen-bond donors (Lipinski definition) is 1. The average molecular weight is 321 g/mol. The summed E-state index contributed by atoms with van der Waals surface area (Å²) in [5, 5.41) is 7.32. The van der Waals surface area contributed by atoms with E-state index in [1.54, 1.807) is 18.2 Å². The Morgan fingerprint density at radius 1 is 1.23 bits per heavy atom. The molecular weight excluding hydrogens is 304 g/mol. The first-order valence-corrected chi connectivity index (χ1v) is 7.01. The van der Waals surface area contributed by atoms with Crippen LogP contribution in [0, 0.1) is 13.8 Å². The van der Waals surface area contributed by atoms with Crippen LogP contribution in [-0.2, 0) is 0 Å². The molecule has 1 heterocycles. The second-order valence-corrected chi connectivity index (χ2v) is 5.14. The maximum Gasteiger partial charge on any atom is 0.189 e. The Balaban J connectivity index is 2.35. The van der Waals surface area contributed by atoms with Crippen LogP contribution in [0.15, 0.2) is 18.2 Å². The van der Waals surface area contributed by atoms with Crippen LogP contribution >= 0.6 is 11.6 Å². The number of carbonyl (C=O) groups is 1. The van der Waals surface area contributed by atoms with Crippen LogP contribution < -0.4 is 9.47 Å². The molecule has 1 aromatic carbocycles. The highest BCUT2D eigenvalue weighted by Gasteiger charge is 2.15. The molecule has 0 aliphatic rings. The minimum atomic E-state index is -0.207. The number of aryl methyl sites for hydroxylation is 2. The van der Waals surface area contributed by atoms with Crippen LogP contribution in [0.1, 0.15) is 27.3 Å². The topological polar surface area (TPSA) is 64.2 Å². The SMILES string of the molecule is COc1cc(OC)c(C(=O)C=Cc2c(C)n[nH]c2C)cc1Cl. The number of carbonyl (C=O) groups excluding carboxylic acids is 1. The predicted octanol–water partition coefficient (Wildman–Crippen LogP) is 3.59. The summed E-state index contributed by atoms with van der Waals surface area (Å²) in [6.07, 6.45) is 3.21. The van der Waals surface area contributed by atoms with Crippen LogP contribution in [0.25, 0.3) is 6.08 Å². The summed E-state index contributed by atoms with van der Waals surface area (Å²) >= 11 is 6.08. The van der Waals surface area contributed by atoms with Crippen LogP contribution in [0.4, 0.5) is 0 Å². The highest BCUT2D eigenvalue weighted by Crippen LogP contribution is 2.33. The van der Waals surface area contributed by atoms with Crippen molar-refractivity contribution >= 4 is 23.5 Å². The van der Waals surface area contributed by atoms with Crippen molar-refractivity contribution in [3.05, 3.63) is 45.7 Å². The Kier molecular flexibility index (Phi) is 4.88. The predicted molar refractivity (Wildman–Crippen MR) is 86.0 cm³/mol. The first-order valence-electron chi connectivity index (χ1n) is 6.63. The summed E-state index contributed by atoms with van der Waals surface area (Å²) in [6, 6.07) is 3.14. The Morgan fingerprint density at radius 2 is 1.91 bits per heavy atom. The Bertz CT molecular complexity index is 716. The van der Waals surface area contributed by atoms with Gasteiger partial charge in [-0.25, -0.2) is 0 Å². The third-order valence-corrected chi connectivity index (χ3v) is 3.62. The van der Waals surface area contributed by atoms with Gasteiger partial charge < -0.3 is 9.47 Å². The van der Waals surface area contributed by atoms with Crippen LogP contribution in [0.3, 0.4) is 0 Å². The molecule has 2 aromatic rings. The number of methoxy groups -OCH3 is 2. The van der Waals surface area contributed by atoms with Gasteiger partial charge in [-0.1, -0.05) is 11.6 Å². The number of aromatic amines is 1. The summed E-state index contributed by atoms with van der Waals surface area (Å²) in [5.74, 6) is 0.665. The molecule has 1 aromatic heterocycles. The number of hydrogen-bond acceptors (Lipinski definition) is 4. The van der Waals surface area contributed by atoms with Crippen molar-refractivity contribution in [2.75, 3.05) is 14.2 Å². The van der Waals surface area contributed by atoms with Crippen molar-refractivity contribution in [3.63, 3.8) is 0 Å². The lowest BCUT2D eigenvalue weighted by Gasteiger charge is -2.10. The van der Waals surface area contributed by atoms with E-state index in [9.17, 15) is 4.79 Å². The molecule has 5 nitrogen and oxygen atoms in total. The van der Waals surface area contributed by atoms with E-state index in [0.29, 0.717) is 22.1 Å². The van der Waals surface area contributed by atoms with Gasteiger partial charge in [-0.3, -0.25) is 9.89 Å². The van der Waals surface area contributed by atoms with Gasteiger partial charge in [0.05, 0.1) is 30.5 Å². The zero-order chi connectivity index (χ0) is 16.3. The normalized spacial score (nSPS) is 11.0. The van der Waals surface area contributed by atoms with Crippen LogP contribution in [0.5, 0.6) is 11.5 Å². The van der Waals surface area contributed by atoms with E-state index in [2.05, 4.69) is 10.2 Å². The van der Waals surface area contributed by atoms with Gasteiger partial charge in [0, 0.05) is 17.3 Å². The number of allylic oxidation sites excluding steroid dienone is 1. The second kappa shape index (κ2) is 6.66. The number of nitrogens with zero attached hydrogens (tertiary/aromatic N) is 1. The fourth-order valence-electron chi connectivity index (χ4n) is 2.11. The van der Waals surface area contributed by atoms with E-state index < -0.39 is 0 Å². The third kappa shape index (κ3) is 3.14. The van der Waals surface area contributed by atoms with Crippen molar-refractivity contribution in [1.29, 1.82) is 0 Å². The van der Waals surface area contributed by atoms with Gasteiger partial charge in [0.15, 0.2) is 5.78 Å². The highest BCUT2D eigenvalue weighted by atomic mass is 35.5. The quantitative estimate of drug-likeness (QED) is 0.675. The maximum atomic E-state index is 12.4. The lowest BCUT2D eigenvalue weighted by molar-refractivity contribution is 0.104. The van der Waals surface area contributed by atoms with E-state index in [4.69, 9.17) is 21.1 Å². The number of H-pyrrole nitrogens is 1. The van der Waals surface area contributed by atoms with Gasteiger partial charge in [-0.15, -0.1) is 0 Å². The fraction of sp³-hybridized carbons (Fsp3) is 0.250. The minimum absolute atomic E-state index is 0.207. The molecule has 0 bridgehead atoms. The molecule has 0 fully saturated rings. The summed E-state index contributed by atoms with van der Waals surface area (Å²) in [4.78, 5) is 12.4. The largest absolute Gasteiger partial charge is 0.496 e. The van der Waals surface area contributed by atoms with Crippen LogP contribution in [-0.4, -0.2) is 30.2 Å². The van der Waals surface area contributed by atoms with Gasteiger partial charge >= 0.3 is 0 Å². The second-order valence-electron chi connectivity index (χ2n) is 4.73. The van der Waals surface area contributed by atoms with Crippen molar-refractivity contribution in [2.45, 2.75) is 13.8 Å². The number of benzene rings is 1. The number of nitrogens with one attached hydrogen (secondary N) is 1. The van der Waals surface area contributed by atoms with Crippen molar-refractivity contribution < 1.29 is 14.3 Å². The molecule has 0 saturated carbocycles. The Morgan fingerprint density at radius 3 is 2.45 bits per heavy atom. The first-order chi connectivity index (χ1) is 10.5. The van der Waals surface area contributed by atoms with E-state index in [1.807, 2.05) is 13.8 Å². The highest BCUT2D eigenvalue weighted by molar-refractivity contribution is 6.32. The Labute approximate surface area is 133 Å². The smallest absolute Gasteiger partial charge is 0.189 e. The summed E-state index contributed by atoms with van der Waals surface area (Å²) in [7, 11) is 3.00. The molecule has 0 spiro atoms. The van der Waals surface area contributed by atoms with Gasteiger partial charge in [-0.2, -0.15) is 5.10 Å². The molecule has 1 N–H and O–H groups in total. The van der Waals surface area contributed by atoms with Gasteiger partial charge in [-0.05, 0) is 32.1 Å². The molecule has 22 heavy (non-hydrogen) atoms. The molecular formula is C16H17ClN2O3. The van der Waals surface area contributed by atoms with E-state index in [1.165, 1.54) is 20.3 Å². The monoisotopic (exact) mass is 320 g/mol. The lowest BCUT2D eigenvalue weighted by Crippen LogP contribution is -2.00. The first kappa shape index (κ1) is 16.1. The van der Waals surface area contributed by atoms with Crippen molar-refractivity contribution in [1.82, 2.24) is 10.2 Å². The van der Waals surface area contributed by atoms with Gasteiger partial charge in [0.25, 0.3) is 0 Å². The summed E-state index contributed by atoms with van der Waals surface area (Å²) in [5.41, 5.74) is 3.01. The summed E-state index contributed by atoms with van der Waals surface area (Å²) in [6.45, 7) is 3.77. The van der Waals surface area contributed by atoms with Crippen molar-refractivity contribution in [2.24, 2.45) is 0 Å². The van der Waals surface area contributed by atoms with E-state index in [-0.39, 0.29) is 5.78 Å². The molecule has 116 valence electrons. The zero-order valence-electron chi connectivity index (χ0n) is 12.9.